The third-order valence-corrected chi connectivity index (χ3v) is 2.90. The summed E-state index contributed by atoms with van der Waals surface area (Å²) in [6.07, 6.45) is 2.60. The number of aliphatic carboxylic acids is 2. The minimum absolute atomic E-state index is 0.0718. The van der Waals surface area contributed by atoms with Crippen LogP contribution in [0.5, 0.6) is 0 Å². The van der Waals surface area contributed by atoms with Crippen LogP contribution in [0, 0.1) is 5.92 Å². The van der Waals surface area contributed by atoms with Gasteiger partial charge >= 0.3 is 11.9 Å². The van der Waals surface area contributed by atoms with Crippen molar-refractivity contribution >= 4 is 11.9 Å². The number of nitrogens with two attached hydrogens (primary N) is 1. The van der Waals surface area contributed by atoms with Gasteiger partial charge in [-0.3, -0.25) is 9.59 Å². The molecule has 6 nitrogen and oxygen atoms in total. The number of carboxylic acids is 2. The summed E-state index contributed by atoms with van der Waals surface area (Å²) in [5.74, 6) is -1.56. The summed E-state index contributed by atoms with van der Waals surface area (Å²) >= 11 is 0. The van der Waals surface area contributed by atoms with Gasteiger partial charge in [-0.05, 0) is 25.3 Å². The molecule has 6 heteroatoms. The zero-order valence-electron chi connectivity index (χ0n) is 10.3. The fourth-order valence-electron chi connectivity index (χ4n) is 1.39. The maximum absolute atomic E-state index is 10.2. The number of carbonyl (C=O) groups is 2. The minimum atomic E-state index is -0.913. The molecular weight excluding hydrogens is 224 g/mol. The molecule has 0 aliphatic carbocycles. The van der Waals surface area contributed by atoms with E-state index < -0.39 is 18.0 Å². The number of hydrogen-bond acceptors (Lipinski definition) is 4. The van der Waals surface area contributed by atoms with Gasteiger partial charge in [0.1, 0.15) is 12.1 Å². The number of carboxylic acid groups (broad SMARTS) is 2. The zero-order chi connectivity index (χ0) is 13.4. The normalized spacial score (nSPS) is 22.2. The predicted octanol–water partition coefficient (Wildman–Crippen LogP) is 0.267. The third kappa shape index (κ3) is 6.23. The summed E-state index contributed by atoms with van der Waals surface area (Å²) < 4.78 is 0. The Bertz CT molecular complexity index is 252. The SMILES string of the molecule is CC[C@@H](C)[C@@H](N)C(=O)O.O=C(O)[C@H]1CCCN1. The highest BCUT2D eigenvalue weighted by atomic mass is 16.4. The first kappa shape index (κ1) is 15.9. The molecule has 0 aromatic rings. The van der Waals surface area contributed by atoms with Crippen LogP contribution in [0.1, 0.15) is 33.1 Å². The second-order valence-corrected chi connectivity index (χ2v) is 4.24. The molecule has 0 spiro atoms. The maximum Gasteiger partial charge on any atom is 0.320 e. The first-order chi connectivity index (χ1) is 7.90. The highest BCUT2D eigenvalue weighted by Crippen LogP contribution is 2.04. The van der Waals surface area contributed by atoms with E-state index in [2.05, 4.69) is 5.32 Å². The van der Waals surface area contributed by atoms with Crippen molar-refractivity contribution in [2.24, 2.45) is 11.7 Å². The summed E-state index contributed by atoms with van der Waals surface area (Å²) in [5, 5.41) is 19.6. The molecule has 0 aromatic heterocycles. The van der Waals surface area contributed by atoms with Gasteiger partial charge in [0.25, 0.3) is 0 Å². The molecule has 100 valence electrons. The molecule has 0 radical (unpaired) electrons. The second kappa shape index (κ2) is 8.03. The van der Waals surface area contributed by atoms with Gasteiger partial charge in [-0.15, -0.1) is 0 Å². The monoisotopic (exact) mass is 246 g/mol. The first-order valence-corrected chi connectivity index (χ1v) is 5.84. The van der Waals surface area contributed by atoms with Crippen molar-refractivity contribution < 1.29 is 19.8 Å². The van der Waals surface area contributed by atoms with Gasteiger partial charge in [-0.25, -0.2) is 0 Å². The van der Waals surface area contributed by atoms with Crippen molar-refractivity contribution in [3.8, 4) is 0 Å². The van der Waals surface area contributed by atoms with E-state index in [4.69, 9.17) is 15.9 Å². The van der Waals surface area contributed by atoms with Crippen molar-refractivity contribution in [1.82, 2.24) is 5.32 Å². The number of rotatable bonds is 4. The van der Waals surface area contributed by atoms with E-state index in [1.807, 2.05) is 13.8 Å². The highest BCUT2D eigenvalue weighted by molar-refractivity contribution is 5.73. The summed E-state index contributed by atoms with van der Waals surface area (Å²) in [4.78, 5) is 20.3. The molecule has 0 amide bonds. The van der Waals surface area contributed by atoms with Crippen LogP contribution in [0.4, 0.5) is 0 Å². The predicted molar refractivity (Wildman–Crippen MR) is 63.7 cm³/mol. The molecule has 0 unspecified atom stereocenters. The van der Waals surface area contributed by atoms with Gasteiger partial charge in [0.05, 0.1) is 0 Å². The molecule has 17 heavy (non-hydrogen) atoms. The molecule has 1 heterocycles. The zero-order valence-corrected chi connectivity index (χ0v) is 10.3. The second-order valence-electron chi connectivity index (χ2n) is 4.24. The molecule has 1 rings (SSSR count). The van der Waals surface area contributed by atoms with Crippen molar-refractivity contribution in [3.05, 3.63) is 0 Å². The molecule has 0 saturated carbocycles. The number of nitrogens with one attached hydrogen (secondary N) is 1. The van der Waals surface area contributed by atoms with E-state index in [0.29, 0.717) is 0 Å². The van der Waals surface area contributed by atoms with Crippen molar-refractivity contribution in [1.29, 1.82) is 0 Å². The Kier molecular flexibility index (Phi) is 7.49. The van der Waals surface area contributed by atoms with Gasteiger partial charge in [0, 0.05) is 0 Å². The Balaban J connectivity index is 0.000000302. The first-order valence-electron chi connectivity index (χ1n) is 5.84. The molecule has 0 aromatic carbocycles. The van der Waals surface area contributed by atoms with Crippen LogP contribution >= 0.6 is 0 Å². The minimum Gasteiger partial charge on any atom is -0.480 e. The standard InChI is InChI=1S/C6H13NO2.C5H9NO2/c1-3-4(2)5(7)6(8)9;7-5(8)4-2-1-3-6-4/h4-5H,3,7H2,1-2H3,(H,8,9);4,6H,1-3H2,(H,7,8)/t4-,5-;4-/m11/s1. The molecule has 1 fully saturated rings. The van der Waals surface area contributed by atoms with Gasteiger partial charge < -0.3 is 21.3 Å². The van der Waals surface area contributed by atoms with E-state index in [1.165, 1.54) is 0 Å². The molecule has 1 saturated heterocycles. The van der Waals surface area contributed by atoms with Crippen LogP contribution in [0.25, 0.3) is 0 Å². The molecule has 5 N–H and O–H groups in total. The van der Waals surface area contributed by atoms with Crippen LogP contribution in [0.3, 0.4) is 0 Å². The Labute approximate surface area is 101 Å². The van der Waals surface area contributed by atoms with Gasteiger partial charge in [0.2, 0.25) is 0 Å². The van der Waals surface area contributed by atoms with Crippen molar-refractivity contribution in [2.45, 2.75) is 45.2 Å². The molecular formula is C11H22N2O4. The van der Waals surface area contributed by atoms with Crippen LogP contribution in [-0.4, -0.2) is 40.8 Å². The average Bonchev–Trinajstić information content (AvgIpc) is 2.81. The van der Waals surface area contributed by atoms with Crippen LogP contribution < -0.4 is 11.1 Å². The van der Waals surface area contributed by atoms with Crippen LogP contribution in [0.2, 0.25) is 0 Å². The fourth-order valence-corrected chi connectivity index (χ4v) is 1.39. The Morgan fingerprint density at radius 1 is 1.47 bits per heavy atom. The van der Waals surface area contributed by atoms with Gasteiger partial charge in [-0.1, -0.05) is 20.3 Å². The molecule has 0 bridgehead atoms. The maximum atomic E-state index is 10.2. The lowest BCUT2D eigenvalue weighted by Gasteiger charge is -2.11. The lowest BCUT2D eigenvalue weighted by atomic mass is 10.0. The largest absolute Gasteiger partial charge is 0.480 e. The summed E-state index contributed by atoms with van der Waals surface area (Å²) in [7, 11) is 0. The van der Waals surface area contributed by atoms with Gasteiger partial charge in [-0.2, -0.15) is 0 Å². The lowest BCUT2D eigenvalue weighted by molar-refractivity contribution is -0.140. The highest BCUT2D eigenvalue weighted by Gasteiger charge is 2.20. The molecule has 3 atom stereocenters. The van der Waals surface area contributed by atoms with Crippen molar-refractivity contribution in [2.75, 3.05) is 6.54 Å². The van der Waals surface area contributed by atoms with E-state index in [1.54, 1.807) is 0 Å². The average molecular weight is 246 g/mol. The topological polar surface area (TPSA) is 113 Å². The fraction of sp³-hybridized carbons (Fsp3) is 0.818. The van der Waals surface area contributed by atoms with E-state index >= 15 is 0 Å². The van der Waals surface area contributed by atoms with Crippen LogP contribution in [-0.2, 0) is 9.59 Å². The van der Waals surface area contributed by atoms with E-state index in [9.17, 15) is 9.59 Å². The number of hydrogen-bond donors (Lipinski definition) is 4. The Hall–Kier alpha value is -1.14. The smallest absolute Gasteiger partial charge is 0.320 e. The Morgan fingerprint density at radius 2 is 2.06 bits per heavy atom. The molecule has 1 aliphatic rings. The lowest BCUT2D eigenvalue weighted by Crippen LogP contribution is -2.36. The summed E-state index contributed by atoms with van der Waals surface area (Å²) in [6.45, 7) is 4.61. The van der Waals surface area contributed by atoms with Gasteiger partial charge in [0.15, 0.2) is 0 Å². The molecule has 1 aliphatic heterocycles. The van der Waals surface area contributed by atoms with Crippen LogP contribution in [0.15, 0.2) is 0 Å². The third-order valence-electron chi connectivity index (χ3n) is 2.90. The quantitative estimate of drug-likeness (QED) is 0.566. The summed E-state index contributed by atoms with van der Waals surface area (Å²) in [6, 6.07) is -0.968. The van der Waals surface area contributed by atoms with E-state index in [-0.39, 0.29) is 12.0 Å². The van der Waals surface area contributed by atoms with E-state index in [0.717, 1.165) is 25.8 Å². The summed E-state index contributed by atoms with van der Waals surface area (Å²) in [5.41, 5.74) is 5.27. The van der Waals surface area contributed by atoms with Crippen molar-refractivity contribution in [3.63, 3.8) is 0 Å². The Morgan fingerprint density at radius 3 is 2.24 bits per heavy atom.